The van der Waals surface area contributed by atoms with Gasteiger partial charge < -0.3 is 5.32 Å². The zero-order chi connectivity index (χ0) is 19.3. The molecule has 1 N–H and O–H groups in total. The predicted octanol–water partition coefficient (Wildman–Crippen LogP) is 4.12. The molecule has 0 bridgehead atoms. The van der Waals surface area contributed by atoms with Crippen LogP contribution in [-0.2, 0) is 17.6 Å². The van der Waals surface area contributed by atoms with Crippen LogP contribution in [0.2, 0.25) is 0 Å². The number of aromatic nitrogens is 3. The van der Waals surface area contributed by atoms with E-state index in [-0.39, 0.29) is 11.9 Å². The largest absolute Gasteiger partial charge is 0.349 e. The lowest BCUT2D eigenvalue weighted by atomic mass is 9.89. The molecule has 1 amide bonds. The normalized spacial score (nSPS) is 14.3. The summed E-state index contributed by atoms with van der Waals surface area (Å²) in [5, 5.41) is 12.0. The SMILES string of the molecule is CC(NC(=O)CSc1nncn1-c1ccccc1)c1ccc2c(c1)CCCC2. The van der Waals surface area contributed by atoms with Gasteiger partial charge in [-0.1, -0.05) is 48.2 Å². The summed E-state index contributed by atoms with van der Waals surface area (Å²) >= 11 is 1.39. The van der Waals surface area contributed by atoms with Gasteiger partial charge >= 0.3 is 0 Å². The van der Waals surface area contributed by atoms with Crippen LogP contribution >= 0.6 is 11.8 Å². The number of fused-ring (bicyclic) bond motifs is 1. The molecule has 2 aromatic carbocycles. The van der Waals surface area contributed by atoms with Gasteiger partial charge in [0.1, 0.15) is 6.33 Å². The molecule has 28 heavy (non-hydrogen) atoms. The lowest BCUT2D eigenvalue weighted by Crippen LogP contribution is -2.28. The molecular formula is C22H24N4OS. The molecule has 3 aromatic rings. The van der Waals surface area contributed by atoms with Gasteiger partial charge in [-0.3, -0.25) is 9.36 Å². The van der Waals surface area contributed by atoms with E-state index in [9.17, 15) is 4.79 Å². The Kier molecular flexibility index (Phi) is 5.76. The molecule has 4 rings (SSSR count). The topological polar surface area (TPSA) is 59.8 Å². The Morgan fingerprint density at radius 1 is 1.14 bits per heavy atom. The van der Waals surface area contributed by atoms with E-state index in [1.54, 1.807) is 6.33 Å². The summed E-state index contributed by atoms with van der Waals surface area (Å²) in [6, 6.07) is 16.5. The first-order chi connectivity index (χ1) is 13.7. The molecule has 0 aliphatic heterocycles. The van der Waals surface area contributed by atoms with Crippen LogP contribution in [-0.4, -0.2) is 26.4 Å². The van der Waals surface area contributed by atoms with Crippen LogP contribution in [0.5, 0.6) is 0 Å². The van der Waals surface area contributed by atoms with Crippen LogP contribution in [0.3, 0.4) is 0 Å². The molecular weight excluding hydrogens is 368 g/mol. The number of amides is 1. The van der Waals surface area contributed by atoms with Crippen molar-refractivity contribution < 1.29 is 4.79 Å². The van der Waals surface area contributed by atoms with Crippen LogP contribution < -0.4 is 5.32 Å². The van der Waals surface area contributed by atoms with Gasteiger partial charge in [0.2, 0.25) is 5.91 Å². The second kappa shape index (κ2) is 8.61. The Labute approximate surface area is 169 Å². The van der Waals surface area contributed by atoms with E-state index >= 15 is 0 Å². The van der Waals surface area contributed by atoms with Gasteiger partial charge in [-0.15, -0.1) is 10.2 Å². The van der Waals surface area contributed by atoms with Gasteiger partial charge in [-0.25, -0.2) is 0 Å². The molecule has 0 radical (unpaired) electrons. The first-order valence-corrected chi connectivity index (χ1v) is 10.7. The summed E-state index contributed by atoms with van der Waals surface area (Å²) in [6.45, 7) is 2.04. The minimum absolute atomic E-state index is 0.00201. The zero-order valence-corrected chi connectivity index (χ0v) is 16.8. The molecule has 1 aliphatic rings. The van der Waals surface area contributed by atoms with Crippen LogP contribution in [0.4, 0.5) is 0 Å². The summed E-state index contributed by atoms with van der Waals surface area (Å²) in [5.41, 5.74) is 5.06. The number of hydrogen-bond donors (Lipinski definition) is 1. The number of nitrogens with one attached hydrogen (secondary N) is 1. The first-order valence-electron chi connectivity index (χ1n) is 9.70. The molecule has 144 valence electrons. The minimum Gasteiger partial charge on any atom is -0.349 e. The van der Waals surface area contributed by atoms with Gasteiger partial charge in [0.25, 0.3) is 0 Å². The van der Waals surface area contributed by atoms with Crippen molar-refractivity contribution >= 4 is 17.7 Å². The van der Waals surface area contributed by atoms with Crippen molar-refractivity contribution in [2.24, 2.45) is 0 Å². The molecule has 1 aromatic heterocycles. The van der Waals surface area contributed by atoms with E-state index in [4.69, 9.17) is 0 Å². The average Bonchev–Trinajstić information content (AvgIpc) is 3.21. The monoisotopic (exact) mass is 392 g/mol. The van der Waals surface area contributed by atoms with Crippen molar-refractivity contribution in [2.75, 3.05) is 5.75 Å². The Hall–Kier alpha value is -2.60. The molecule has 0 spiro atoms. The number of thioether (sulfide) groups is 1. The number of carbonyl (C=O) groups is 1. The van der Waals surface area contributed by atoms with Crippen molar-refractivity contribution in [2.45, 2.75) is 43.8 Å². The van der Waals surface area contributed by atoms with E-state index in [0.29, 0.717) is 10.9 Å². The van der Waals surface area contributed by atoms with Crippen LogP contribution in [0.25, 0.3) is 5.69 Å². The van der Waals surface area contributed by atoms with E-state index in [1.807, 2.05) is 41.8 Å². The molecule has 1 aliphatic carbocycles. The van der Waals surface area contributed by atoms with Crippen LogP contribution in [0.15, 0.2) is 60.0 Å². The summed E-state index contributed by atoms with van der Waals surface area (Å²) in [6.07, 6.45) is 6.54. The maximum absolute atomic E-state index is 12.5. The van der Waals surface area contributed by atoms with Gasteiger partial charge in [0.05, 0.1) is 11.8 Å². The smallest absolute Gasteiger partial charge is 0.230 e. The molecule has 1 heterocycles. The molecule has 6 heteroatoms. The molecule has 0 saturated carbocycles. The van der Waals surface area contributed by atoms with E-state index in [2.05, 4.69) is 33.7 Å². The first kappa shape index (κ1) is 18.7. The second-order valence-corrected chi connectivity index (χ2v) is 8.07. The summed E-state index contributed by atoms with van der Waals surface area (Å²) in [7, 11) is 0. The number of carbonyl (C=O) groups excluding carboxylic acids is 1. The summed E-state index contributed by atoms with van der Waals surface area (Å²) in [4.78, 5) is 12.5. The Morgan fingerprint density at radius 2 is 1.93 bits per heavy atom. The second-order valence-electron chi connectivity index (χ2n) is 7.13. The van der Waals surface area contributed by atoms with E-state index in [0.717, 1.165) is 12.1 Å². The molecule has 0 fully saturated rings. The number of aryl methyl sites for hydroxylation is 2. The maximum atomic E-state index is 12.5. The number of nitrogens with zero attached hydrogens (tertiary/aromatic N) is 3. The minimum atomic E-state index is -0.00711. The number of hydrogen-bond acceptors (Lipinski definition) is 4. The fraction of sp³-hybridized carbons (Fsp3) is 0.318. The number of rotatable bonds is 6. The highest BCUT2D eigenvalue weighted by Gasteiger charge is 2.15. The molecule has 1 unspecified atom stereocenters. The fourth-order valence-electron chi connectivity index (χ4n) is 3.61. The molecule has 1 atom stereocenters. The third kappa shape index (κ3) is 4.28. The van der Waals surface area contributed by atoms with E-state index < -0.39 is 0 Å². The van der Waals surface area contributed by atoms with Crippen molar-refractivity contribution in [1.29, 1.82) is 0 Å². The number of benzene rings is 2. The van der Waals surface area contributed by atoms with Gasteiger partial charge in [0, 0.05) is 5.69 Å². The molecule has 5 nitrogen and oxygen atoms in total. The lowest BCUT2D eigenvalue weighted by Gasteiger charge is -2.20. The Balaban J connectivity index is 1.36. The average molecular weight is 393 g/mol. The van der Waals surface area contributed by atoms with Crippen molar-refractivity contribution in [3.05, 3.63) is 71.5 Å². The van der Waals surface area contributed by atoms with E-state index in [1.165, 1.54) is 47.7 Å². The highest BCUT2D eigenvalue weighted by molar-refractivity contribution is 7.99. The van der Waals surface area contributed by atoms with Crippen molar-refractivity contribution in [3.63, 3.8) is 0 Å². The predicted molar refractivity (Wildman–Crippen MR) is 112 cm³/mol. The summed E-state index contributed by atoms with van der Waals surface area (Å²) in [5.74, 6) is 0.304. The zero-order valence-electron chi connectivity index (χ0n) is 16.0. The van der Waals surface area contributed by atoms with Crippen LogP contribution in [0, 0.1) is 0 Å². The van der Waals surface area contributed by atoms with Gasteiger partial charge in [0.15, 0.2) is 5.16 Å². The summed E-state index contributed by atoms with van der Waals surface area (Å²) < 4.78 is 1.89. The Bertz CT molecular complexity index is 954. The van der Waals surface area contributed by atoms with Crippen molar-refractivity contribution in [1.82, 2.24) is 20.1 Å². The van der Waals surface area contributed by atoms with Crippen LogP contribution in [0.1, 0.15) is 42.5 Å². The third-order valence-corrected chi connectivity index (χ3v) is 6.08. The maximum Gasteiger partial charge on any atom is 0.230 e. The third-order valence-electron chi connectivity index (χ3n) is 5.13. The number of para-hydroxylation sites is 1. The highest BCUT2D eigenvalue weighted by atomic mass is 32.2. The quantitative estimate of drug-likeness (QED) is 0.641. The highest BCUT2D eigenvalue weighted by Crippen LogP contribution is 2.25. The van der Waals surface area contributed by atoms with Gasteiger partial charge in [-0.2, -0.15) is 0 Å². The van der Waals surface area contributed by atoms with Crippen molar-refractivity contribution in [3.8, 4) is 5.69 Å². The Morgan fingerprint density at radius 3 is 2.75 bits per heavy atom. The molecule has 0 saturated heterocycles. The van der Waals surface area contributed by atoms with Gasteiger partial charge in [-0.05, 0) is 61.4 Å². The fourth-order valence-corrected chi connectivity index (χ4v) is 4.35. The standard InChI is InChI=1S/C22H24N4OS/c1-16(18-12-11-17-7-5-6-8-19(17)13-18)24-21(27)14-28-22-25-23-15-26(22)20-9-3-2-4-10-20/h2-4,9-13,15-16H,5-8,14H2,1H3,(H,24,27). The lowest BCUT2D eigenvalue weighted by molar-refractivity contribution is -0.119.